The Hall–Kier alpha value is -1.03. The molecule has 5 aliphatic rings. The summed E-state index contributed by atoms with van der Waals surface area (Å²) in [5.41, 5.74) is 1.54. The summed E-state index contributed by atoms with van der Waals surface area (Å²) in [6.45, 7) is 14.1. The first-order valence-electron chi connectivity index (χ1n) is 23.2. The van der Waals surface area contributed by atoms with Crippen molar-refractivity contribution < 1.29 is 39.4 Å². The Morgan fingerprint density at radius 2 is 1.47 bits per heavy atom. The number of aliphatic hydroxyl groups excluding tert-OH is 4. The largest absolute Gasteiger partial charge is 0.463 e. The first-order valence-corrected chi connectivity index (χ1v) is 23.2. The summed E-state index contributed by atoms with van der Waals surface area (Å²) in [5.74, 6) is 3.15. The Kier molecular flexibility index (Phi) is 17.0. The molecule has 0 bridgehead atoms. The number of ether oxygens (including phenoxy) is 3. The maximum atomic E-state index is 12.5. The Morgan fingerprint density at radius 3 is 2.15 bits per heavy atom. The molecule has 0 aromatic heterocycles. The van der Waals surface area contributed by atoms with Crippen LogP contribution >= 0.6 is 0 Å². The highest BCUT2D eigenvalue weighted by atomic mass is 16.7. The predicted molar refractivity (Wildman–Crippen MR) is 218 cm³/mol. The van der Waals surface area contributed by atoms with Crippen LogP contribution in [0.3, 0.4) is 0 Å². The number of hydrogen-bond acceptors (Lipinski definition) is 8. The summed E-state index contributed by atoms with van der Waals surface area (Å²) in [6.07, 6.45) is 19.7. The minimum atomic E-state index is -1.48. The van der Waals surface area contributed by atoms with E-state index in [1.165, 1.54) is 95.5 Å². The number of carbonyl (C=O) groups is 1. The highest BCUT2D eigenvalue weighted by Crippen LogP contribution is 2.67. The van der Waals surface area contributed by atoms with Crippen molar-refractivity contribution in [3.63, 3.8) is 0 Å². The molecular weight excluding hydrogens is 693 g/mol. The molecule has 8 nitrogen and oxygen atoms in total. The van der Waals surface area contributed by atoms with Crippen LogP contribution in [0.5, 0.6) is 0 Å². The van der Waals surface area contributed by atoms with Crippen molar-refractivity contribution in [3.05, 3.63) is 11.6 Å². The van der Waals surface area contributed by atoms with Gasteiger partial charge in [-0.2, -0.15) is 0 Å². The second-order valence-electron chi connectivity index (χ2n) is 19.9. The number of fused-ring (bicyclic) bond motifs is 5. The van der Waals surface area contributed by atoms with Gasteiger partial charge in [-0.1, -0.05) is 137 Å². The molecule has 0 aromatic rings. The lowest BCUT2D eigenvalue weighted by atomic mass is 9.46. The minimum absolute atomic E-state index is 0.00156. The van der Waals surface area contributed by atoms with Crippen LogP contribution in [0.25, 0.3) is 0 Å². The van der Waals surface area contributed by atoms with Gasteiger partial charge in [0.05, 0.1) is 12.2 Å². The zero-order valence-electron chi connectivity index (χ0n) is 35.8. The van der Waals surface area contributed by atoms with E-state index in [9.17, 15) is 25.2 Å². The van der Waals surface area contributed by atoms with E-state index in [1.54, 1.807) is 0 Å². The third-order valence-corrected chi connectivity index (χ3v) is 15.7. The number of aliphatic hydroxyl groups is 4. The normalized spacial score (nSPS) is 39.3. The van der Waals surface area contributed by atoms with E-state index < -0.39 is 36.8 Å². The van der Waals surface area contributed by atoms with Crippen molar-refractivity contribution in [3.8, 4) is 0 Å². The second kappa shape index (κ2) is 20.8. The van der Waals surface area contributed by atoms with Crippen molar-refractivity contribution in [1.29, 1.82) is 0 Å². The lowest BCUT2D eigenvalue weighted by Gasteiger charge is -2.59. The van der Waals surface area contributed by atoms with E-state index in [4.69, 9.17) is 14.2 Å². The van der Waals surface area contributed by atoms with E-state index in [2.05, 4.69) is 47.6 Å². The quantitative estimate of drug-likeness (QED) is 0.0517. The van der Waals surface area contributed by atoms with Crippen LogP contribution in [0.15, 0.2) is 11.6 Å². The van der Waals surface area contributed by atoms with E-state index >= 15 is 0 Å². The van der Waals surface area contributed by atoms with E-state index in [0.29, 0.717) is 30.1 Å². The Bertz CT molecular complexity index is 1210. The zero-order valence-corrected chi connectivity index (χ0v) is 35.8. The van der Waals surface area contributed by atoms with Crippen LogP contribution in [0.2, 0.25) is 0 Å². The van der Waals surface area contributed by atoms with Gasteiger partial charge < -0.3 is 34.6 Å². The van der Waals surface area contributed by atoms with Crippen LogP contribution in [-0.4, -0.2) is 75.9 Å². The van der Waals surface area contributed by atoms with Gasteiger partial charge in [0.15, 0.2) is 6.29 Å². The fourth-order valence-electron chi connectivity index (χ4n) is 12.3. The first kappa shape index (κ1) is 45.1. The monoisotopic (exact) mass is 775 g/mol. The third-order valence-electron chi connectivity index (χ3n) is 15.7. The molecule has 0 radical (unpaired) electrons. The molecule has 5 rings (SSSR count). The van der Waals surface area contributed by atoms with Crippen LogP contribution in [0.1, 0.15) is 183 Å². The van der Waals surface area contributed by atoms with Crippen LogP contribution in [-0.2, 0) is 19.0 Å². The minimum Gasteiger partial charge on any atom is -0.463 e. The van der Waals surface area contributed by atoms with Gasteiger partial charge in [-0.15, -0.1) is 0 Å². The van der Waals surface area contributed by atoms with Crippen molar-refractivity contribution in [2.24, 2.45) is 46.3 Å². The number of hydrogen-bond donors (Lipinski definition) is 4. The molecule has 4 fully saturated rings. The average molecular weight is 775 g/mol. The van der Waals surface area contributed by atoms with E-state index in [-0.39, 0.29) is 30.0 Å². The summed E-state index contributed by atoms with van der Waals surface area (Å²) in [5, 5.41) is 44.2. The Morgan fingerprint density at radius 1 is 0.800 bits per heavy atom. The van der Waals surface area contributed by atoms with Crippen LogP contribution < -0.4 is 0 Å². The lowest BCUT2D eigenvalue weighted by Crippen LogP contribution is -2.60. The molecule has 1 aliphatic heterocycles. The molecule has 0 unspecified atom stereocenters. The fraction of sp³-hybridized carbons (Fsp3) is 0.936. The summed E-state index contributed by atoms with van der Waals surface area (Å²) >= 11 is 0. The molecular formula is C47H82O8. The zero-order chi connectivity index (χ0) is 39.8. The Balaban J connectivity index is 1.09. The maximum absolute atomic E-state index is 12.5. The van der Waals surface area contributed by atoms with Gasteiger partial charge in [-0.05, 0) is 97.7 Å². The predicted octanol–water partition coefficient (Wildman–Crippen LogP) is 9.44. The molecule has 0 aromatic carbocycles. The number of rotatable bonds is 21. The van der Waals surface area contributed by atoms with Crippen molar-refractivity contribution in [2.75, 3.05) is 6.61 Å². The molecule has 8 heteroatoms. The van der Waals surface area contributed by atoms with Crippen molar-refractivity contribution >= 4 is 5.97 Å². The van der Waals surface area contributed by atoms with Crippen molar-refractivity contribution in [2.45, 2.75) is 226 Å². The highest BCUT2D eigenvalue weighted by Gasteiger charge is 2.61. The molecule has 4 N–H and O–H groups in total. The first-order chi connectivity index (χ1) is 26.3. The van der Waals surface area contributed by atoms with Gasteiger partial charge in [0.2, 0.25) is 0 Å². The molecule has 4 aliphatic carbocycles. The van der Waals surface area contributed by atoms with Gasteiger partial charge in [0.1, 0.15) is 31.0 Å². The van der Waals surface area contributed by atoms with Crippen LogP contribution in [0.4, 0.5) is 0 Å². The van der Waals surface area contributed by atoms with Gasteiger partial charge in [0.25, 0.3) is 0 Å². The summed E-state index contributed by atoms with van der Waals surface area (Å²) in [4.78, 5) is 12.5. The lowest BCUT2D eigenvalue weighted by molar-refractivity contribution is -0.313. The van der Waals surface area contributed by atoms with E-state index in [0.717, 1.165) is 56.3 Å². The van der Waals surface area contributed by atoms with Gasteiger partial charge in [-0.25, -0.2) is 0 Å². The average Bonchev–Trinajstić information content (AvgIpc) is 3.51. The molecule has 14 atom stereocenters. The number of unbranched alkanes of at least 4 members (excludes halogenated alkanes) is 10. The SMILES string of the molecule is CCCCCCCCCCCCCC(=O)OC[C@H]1O[C@H](O[C@H]2CC[C@@]3(C)C(=C[C@H](O)[C@H]4[C@@H]5CC[C@H]([C@H](C)CCCC(C)C)[C@@]5(C)CC[C@@H]43)C2)[C@@H](O)[C@@H](O)[C@H]1O. The molecule has 55 heavy (non-hydrogen) atoms. The second-order valence-corrected chi connectivity index (χ2v) is 19.9. The standard InChI is InChI=1S/C47H82O8/c1-7-8-9-10-11-12-13-14-15-16-17-21-40(49)53-30-39-42(50)43(51)44(52)45(55-39)54-34-24-26-46(5)33(28-34)29-38(48)41-36-23-22-35(32(4)20-18-19-31(2)3)47(36,6)27-25-37(41)46/h29,31-32,34-39,41-45,48,50-52H,7-28,30H2,1-6H3/t32-,34+,35-,36+,37+,38+,39-,41+,42+,43+,44+,45+,46+,47-/m1/s1. The smallest absolute Gasteiger partial charge is 0.305 e. The molecule has 1 heterocycles. The molecule has 1 saturated heterocycles. The summed E-state index contributed by atoms with van der Waals surface area (Å²) in [7, 11) is 0. The maximum Gasteiger partial charge on any atom is 0.305 e. The van der Waals surface area contributed by atoms with Crippen molar-refractivity contribution in [1.82, 2.24) is 0 Å². The van der Waals surface area contributed by atoms with Gasteiger partial charge >= 0.3 is 5.97 Å². The topological polar surface area (TPSA) is 126 Å². The molecule has 3 saturated carbocycles. The summed E-state index contributed by atoms with van der Waals surface area (Å²) in [6, 6.07) is 0. The molecule has 0 amide bonds. The number of carbonyl (C=O) groups excluding carboxylic acids is 1. The highest BCUT2D eigenvalue weighted by molar-refractivity contribution is 5.69. The molecule has 318 valence electrons. The van der Waals surface area contributed by atoms with Gasteiger partial charge in [0, 0.05) is 6.42 Å². The van der Waals surface area contributed by atoms with Crippen LogP contribution in [0, 0.1) is 46.3 Å². The fourth-order valence-corrected chi connectivity index (χ4v) is 12.3. The number of esters is 1. The summed E-state index contributed by atoms with van der Waals surface area (Å²) < 4.78 is 17.9. The third kappa shape index (κ3) is 11.0. The van der Waals surface area contributed by atoms with Gasteiger partial charge in [-0.3, -0.25) is 4.79 Å². The van der Waals surface area contributed by atoms with E-state index in [1.807, 2.05) is 0 Å². The molecule has 0 spiro atoms. The Labute approximate surface area is 334 Å².